The predicted octanol–water partition coefficient (Wildman–Crippen LogP) is 1.35. The zero-order chi connectivity index (χ0) is 13.1. The largest absolute Gasteiger partial charge is 0.393 e. The van der Waals surface area contributed by atoms with E-state index in [-0.39, 0.29) is 6.54 Å². The molecule has 1 atom stereocenters. The molecule has 0 spiro atoms. The van der Waals surface area contributed by atoms with Crippen LogP contribution in [0.15, 0.2) is 23.1 Å². The van der Waals surface area contributed by atoms with Crippen LogP contribution in [0.2, 0.25) is 0 Å². The molecular weight excluding hydrogens is 238 g/mol. The first kappa shape index (κ1) is 14.2. The molecule has 0 saturated carbocycles. The first-order valence-corrected chi connectivity index (χ1v) is 7.06. The van der Waals surface area contributed by atoms with Gasteiger partial charge in [-0.15, -0.1) is 0 Å². The molecule has 0 aliphatic rings. The second-order valence-corrected chi connectivity index (χ2v) is 6.04. The molecule has 17 heavy (non-hydrogen) atoms. The molecule has 0 fully saturated rings. The van der Waals surface area contributed by atoms with Crippen LogP contribution in [0.3, 0.4) is 0 Å². The predicted molar refractivity (Wildman–Crippen MR) is 67.4 cm³/mol. The number of hydrogen-bond donors (Lipinski definition) is 2. The molecule has 1 unspecified atom stereocenters. The molecule has 0 amide bonds. The Morgan fingerprint density at radius 1 is 1.35 bits per heavy atom. The summed E-state index contributed by atoms with van der Waals surface area (Å²) in [5.74, 6) is 0. The van der Waals surface area contributed by atoms with E-state index in [0.29, 0.717) is 11.3 Å². The fourth-order valence-corrected chi connectivity index (χ4v) is 2.85. The number of hydrogen-bond acceptors (Lipinski definition) is 3. The highest BCUT2D eigenvalue weighted by molar-refractivity contribution is 7.89. The van der Waals surface area contributed by atoms with Crippen molar-refractivity contribution in [3.05, 3.63) is 29.3 Å². The molecule has 0 aliphatic carbocycles. The first-order valence-electron chi connectivity index (χ1n) is 5.58. The maximum Gasteiger partial charge on any atom is 0.240 e. The van der Waals surface area contributed by atoms with Crippen LogP contribution in [0, 0.1) is 13.8 Å². The molecule has 0 aromatic heterocycles. The Balaban J connectivity index is 2.86. The van der Waals surface area contributed by atoms with Crippen molar-refractivity contribution in [2.75, 3.05) is 6.54 Å². The van der Waals surface area contributed by atoms with Gasteiger partial charge in [-0.2, -0.15) is 0 Å². The Bertz CT molecular complexity index is 481. The van der Waals surface area contributed by atoms with E-state index in [0.717, 1.165) is 11.1 Å². The molecule has 4 nitrogen and oxygen atoms in total. The zero-order valence-corrected chi connectivity index (χ0v) is 11.2. The smallest absolute Gasteiger partial charge is 0.240 e. The standard InChI is InChI=1S/C12H19NO3S/c1-9-4-5-10(2)12(8-9)17(15,16)13-7-6-11(3)14/h4-5,8,11,13-14H,6-7H2,1-3H3. The number of sulfonamides is 1. The summed E-state index contributed by atoms with van der Waals surface area (Å²) in [6.45, 7) is 5.50. The van der Waals surface area contributed by atoms with Crippen LogP contribution in [0.1, 0.15) is 24.5 Å². The van der Waals surface area contributed by atoms with Gasteiger partial charge < -0.3 is 5.11 Å². The highest BCUT2D eigenvalue weighted by Crippen LogP contribution is 2.16. The molecular formula is C12H19NO3S. The molecule has 1 aromatic rings. The van der Waals surface area contributed by atoms with E-state index in [9.17, 15) is 8.42 Å². The van der Waals surface area contributed by atoms with E-state index in [1.165, 1.54) is 0 Å². The van der Waals surface area contributed by atoms with Crippen LogP contribution in [0.25, 0.3) is 0 Å². The van der Waals surface area contributed by atoms with Crippen LogP contribution in [-0.4, -0.2) is 26.2 Å². The minimum Gasteiger partial charge on any atom is -0.393 e. The third-order valence-corrected chi connectivity index (χ3v) is 4.09. The van der Waals surface area contributed by atoms with Crippen LogP contribution in [0.4, 0.5) is 0 Å². The molecule has 0 bridgehead atoms. The third kappa shape index (κ3) is 4.11. The number of aliphatic hydroxyl groups excluding tert-OH is 1. The summed E-state index contributed by atoms with van der Waals surface area (Å²) in [4.78, 5) is 0.308. The lowest BCUT2D eigenvalue weighted by molar-refractivity contribution is 0.186. The molecule has 5 heteroatoms. The number of nitrogens with one attached hydrogen (secondary N) is 1. The van der Waals surface area contributed by atoms with Crippen molar-refractivity contribution in [3.8, 4) is 0 Å². The number of rotatable bonds is 5. The minimum absolute atomic E-state index is 0.243. The van der Waals surface area contributed by atoms with Gasteiger partial charge in [0, 0.05) is 6.54 Å². The van der Waals surface area contributed by atoms with Gasteiger partial charge in [-0.1, -0.05) is 12.1 Å². The van der Waals surface area contributed by atoms with Gasteiger partial charge in [0.25, 0.3) is 0 Å². The van der Waals surface area contributed by atoms with E-state index < -0.39 is 16.1 Å². The summed E-state index contributed by atoms with van der Waals surface area (Å²) in [6.07, 6.45) is -0.0966. The van der Waals surface area contributed by atoms with Gasteiger partial charge in [0.1, 0.15) is 0 Å². The van der Waals surface area contributed by atoms with Gasteiger partial charge in [0.05, 0.1) is 11.0 Å². The Morgan fingerprint density at radius 2 is 2.00 bits per heavy atom. The van der Waals surface area contributed by atoms with E-state index in [4.69, 9.17) is 5.11 Å². The fourth-order valence-electron chi connectivity index (χ4n) is 1.48. The number of benzene rings is 1. The highest BCUT2D eigenvalue weighted by atomic mass is 32.2. The summed E-state index contributed by atoms with van der Waals surface area (Å²) >= 11 is 0. The Hall–Kier alpha value is -0.910. The van der Waals surface area contributed by atoms with Crippen molar-refractivity contribution in [3.63, 3.8) is 0 Å². The van der Waals surface area contributed by atoms with Crippen molar-refractivity contribution in [2.24, 2.45) is 0 Å². The lowest BCUT2D eigenvalue weighted by Gasteiger charge is -2.10. The molecule has 0 saturated heterocycles. The van der Waals surface area contributed by atoms with Crippen LogP contribution in [-0.2, 0) is 10.0 Å². The molecule has 1 rings (SSSR count). The second-order valence-electron chi connectivity index (χ2n) is 4.30. The van der Waals surface area contributed by atoms with Gasteiger partial charge in [0.2, 0.25) is 10.0 Å². The van der Waals surface area contributed by atoms with Gasteiger partial charge >= 0.3 is 0 Å². The van der Waals surface area contributed by atoms with Gasteiger partial charge in [0.15, 0.2) is 0 Å². The lowest BCUT2D eigenvalue weighted by atomic mass is 10.2. The van der Waals surface area contributed by atoms with E-state index in [2.05, 4.69) is 4.72 Å². The van der Waals surface area contributed by atoms with Crippen LogP contribution in [0.5, 0.6) is 0 Å². The lowest BCUT2D eigenvalue weighted by Crippen LogP contribution is -2.27. The monoisotopic (exact) mass is 257 g/mol. The average Bonchev–Trinajstić information content (AvgIpc) is 2.20. The van der Waals surface area contributed by atoms with E-state index in [1.807, 2.05) is 13.0 Å². The topological polar surface area (TPSA) is 66.4 Å². The maximum atomic E-state index is 12.0. The van der Waals surface area contributed by atoms with Gasteiger partial charge in [-0.05, 0) is 44.4 Å². The normalized spacial score (nSPS) is 13.6. The zero-order valence-electron chi connectivity index (χ0n) is 10.4. The summed E-state index contributed by atoms with van der Waals surface area (Å²) in [5, 5.41) is 9.08. The average molecular weight is 257 g/mol. The van der Waals surface area contributed by atoms with Crippen molar-refractivity contribution in [2.45, 2.75) is 38.2 Å². The first-order chi connectivity index (χ1) is 7.83. The van der Waals surface area contributed by atoms with Crippen molar-refractivity contribution in [1.29, 1.82) is 0 Å². The molecule has 0 heterocycles. The number of aryl methyl sites for hydroxylation is 2. The van der Waals surface area contributed by atoms with Crippen molar-refractivity contribution >= 4 is 10.0 Å². The van der Waals surface area contributed by atoms with E-state index >= 15 is 0 Å². The van der Waals surface area contributed by atoms with Crippen molar-refractivity contribution in [1.82, 2.24) is 4.72 Å². The molecule has 1 aromatic carbocycles. The fraction of sp³-hybridized carbons (Fsp3) is 0.500. The third-order valence-electron chi connectivity index (χ3n) is 2.49. The highest BCUT2D eigenvalue weighted by Gasteiger charge is 2.16. The van der Waals surface area contributed by atoms with Gasteiger partial charge in [-0.25, -0.2) is 13.1 Å². The van der Waals surface area contributed by atoms with Gasteiger partial charge in [-0.3, -0.25) is 0 Å². The molecule has 96 valence electrons. The Labute approximate surface area is 103 Å². The van der Waals surface area contributed by atoms with Crippen LogP contribution >= 0.6 is 0 Å². The second kappa shape index (κ2) is 5.62. The number of aliphatic hydroxyl groups is 1. The summed E-state index contributed by atoms with van der Waals surface area (Å²) in [7, 11) is -3.47. The van der Waals surface area contributed by atoms with Crippen LogP contribution < -0.4 is 4.72 Å². The van der Waals surface area contributed by atoms with Crippen molar-refractivity contribution < 1.29 is 13.5 Å². The minimum atomic E-state index is -3.47. The summed E-state index contributed by atoms with van der Waals surface area (Å²) in [5.41, 5.74) is 1.63. The maximum absolute atomic E-state index is 12.0. The summed E-state index contributed by atoms with van der Waals surface area (Å²) < 4.78 is 26.5. The molecule has 0 radical (unpaired) electrons. The Morgan fingerprint density at radius 3 is 2.59 bits per heavy atom. The summed E-state index contributed by atoms with van der Waals surface area (Å²) in [6, 6.07) is 5.32. The SMILES string of the molecule is Cc1ccc(C)c(S(=O)(=O)NCCC(C)O)c1. The molecule has 2 N–H and O–H groups in total. The molecule has 0 aliphatic heterocycles. The quantitative estimate of drug-likeness (QED) is 0.837. The Kier molecular flexibility index (Phi) is 4.68. The van der Waals surface area contributed by atoms with E-state index in [1.54, 1.807) is 26.0 Å².